The molecule has 0 amide bonds. The summed E-state index contributed by atoms with van der Waals surface area (Å²) in [7, 11) is 0. The number of hydrogen-bond acceptors (Lipinski definition) is 3. The van der Waals surface area contributed by atoms with Crippen LogP contribution in [0.25, 0.3) is 0 Å². The normalized spacial score (nSPS) is 18.7. The number of thioether (sulfide) groups is 1. The van der Waals surface area contributed by atoms with Gasteiger partial charge in [0.1, 0.15) is 11.6 Å². The zero-order chi connectivity index (χ0) is 10.9. The standard InChI is InChI=1S/C11H12FNOS/c12-8-1-3-10(4-2-8)15-11(7-13)5-9(14)6-11/h1-4H,5-7,13H2. The zero-order valence-electron chi connectivity index (χ0n) is 8.20. The summed E-state index contributed by atoms with van der Waals surface area (Å²) >= 11 is 1.58. The van der Waals surface area contributed by atoms with Crippen LogP contribution in [-0.4, -0.2) is 17.1 Å². The first-order valence-electron chi connectivity index (χ1n) is 4.80. The number of hydrogen-bond donors (Lipinski definition) is 1. The first kappa shape index (κ1) is 10.6. The molecule has 2 rings (SSSR count). The number of nitrogens with two attached hydrogens (primary N) is 1. The molecule has 0 bridgehead atoms. The van der Waals surface area contributed by atoms with Crippen LogP contribution in [0.15, 0.2) is 29.2 Å². The van der Waals surface area contributed by atoms with Crippen LogP contribution < -0.4 is 5.73 Å². The summed E-state index contributed by atoms with van der Waals surface area (Å²) in [5, 5.41) is 0. The Morgan fingerprint density at radius 3 is 2.40 bits per heavy atom. The SMILES string of the molecule is NCC1(Sc2ccc(F)cc2)CC(=O)C1. The Morgan fingerprint density at radius 1 is 1.33 bits per heavy atom. The van der Waals surface area contributed by atoms with Crippen molar-refractivity contribution in [2.45, 2.75) is 22.5 Å². The highest BCUT2D eigenvalue weighted by molar-refractivity contribution is 8.00. The van der Waals surface area contributed by atoms with E-state index in [0.29, 0.717) is 19.4 Å². The monoisotopic (exact) mass is 225 g/mol. The van der Waals surface area contributed by atoms with E-state index in [1.807, 2.05) is 0 Å². The minimum atomic E-state index is -0.245. The molecule has 0 unspecified atom stereocenters. The number of carbonyl (C=O) groups is 1. The maximum atomic E-state index is 12.7. The van der Waals surface area contributed by atoms with Crippen LogP contribution in [0.3, 0.4) is 0 Å². The highest BCUT2D eigenvalue weighted by Gasteiger charge is 2.43. The number of carbonyl (C=O) groups excluding carboxylic acids is 1. The molecule has 1 aliphatic carbocycles. The summed E-state index contributed by atoms with van der Waals surface area (Å²) < 4.78 is 12.5. The third-order valence-electron chi connectivity index (χ3n) is 2.56. The number of rotatable bonds is 3. The van der Waals surface area contributed by atoms with Crippen molar-refractivity contribution in [2.75, 3.05) is 6.54 Å². The predicted octanol–water partition coefficient (Wildman–Crippen LogP) is 1.98. The van der Waals surface area contributed by atoms with E-state index < -0.39 is 0 Å². The Morgan fingerprint density at radius 2 is 1.93 bits per heavy atom. The molecule has 0 spiro atoms. The largest absolute Gasteiger partial charge is 0.329 e. The van der Waals surface area contributed by atoms with Crippen molar-refractivity contribution in [3.8, 4) is 0 Å². The van der Waals surface area contributed by atoms with Gasteiger partial charge in [-0.15, -0.1) is 11.8 Å². The predicted molar refractivity (Wildman–Crippen MR) is 58.3 cm³/mol. The third kappa shape index (κ3) is 2.21. The fourth-order valence-electron chi connectivity index (χ4n) is 1.68. The Hall–Kier alpha value is -0.870. The van der Waals surface area contributed by atoms with E-state index in [9.17, 15) is 9.18 Å². The Kier molecular flexibility index (Phi) is 2.80. The van der Waals surface area contributed by atoms with E-state index in [2.05, 4.69) is 0 Å². The van der Waals surface area contributed by atoms with E-state index in [0.717, 1.165) is 4.90 Å². The summed E-state index contributed by atoms with van der Waals surface area (Å²) in [5.41, 5.74) is 5.66. The summed E-state index contributed by atoms with van der Waals surface area (Å²) in [5.74, 6) is 0.0147. The van der Waals surface area contributed by atoms with Crippen LogP contribution in [-0.2, 0) is 4.79 Å². The molecule has 0 saturated heterocycles. The van der Waals surface area contributed by atoms with Crippen LogP contribution >= 0.6 is 11.8 Å². The summed E-state index contributed by atoms with van der Waals surface area (Å²) in [6, 6.07) is 6.29. The maximum Gasteiger partial charge on any atom is 0.135 e. The first-order chi connectivity index (χ1) is 7.13. The molecule has 1 aromatic carbocycles. The van der Waals surface area contributed by atoms with Crippen molar-refractivity contribution in [2.24, 2.45) is 5.73 Å². The highest BCUT2D eigenvalue weighted by atomic mass is 32.2. The van der Waals surface area contributed by atoms with E-state index in [1.54, 1.807) is 23.9 Å². The van der Waals surface area contributed by atoms with Gasteiger partial charge in [0.15, 0.2) is 0 Å². The summed E-state index contributed by atoms with van der Waals surface area (Å²) in [6.45, 7) is 0.487. The molecule has 2 nitrogen and oxygen atoms in total. The third-order valence-corrected chi connectivity index (χ3v) is 3.95. The number of halogens is 1. The van der Waals surface area contributed by atoms with Gasteiger partial charge in [-0.05, 0) is 24.3 Å². The second kappa shape index (κ2) is 3.94. The average molecular weight is 225 g/mol. The topological polar surface area (TPSA) is 43.1 Å². The molecule has 80 valence electrons. The first-order valence-corrected chi connectivity index (χ1v) is 5.62. The van der Waals surface area contributed by atoms with Crippen molar-refractivity contribution >= 4 is 17.5 Å². The van der Waals surface area contributed by atoms with Gasteiger partial charge in [0, 0.05) is 29.0 Å². The molecular weight excluding hydrogens is 213 g/mol. The van der Waals surface area contributed by atoms with Crippen LogP contribution in [0, 0.1) is 5.82 Å². The van der Waals surface area contributed by atoms with Crippen LogP contribution in [0.4, 0.5) is 4.39 Å². The molecule has 0 heterocycles. The second-order valence-corrected chi connectivity index (χ2v) is 5.38. The van der Waals surface area contributed by atoms with Gasteiger partial charge >= 0.3 is 0 Å². The lowest BCUT2D eigenvalue weighted by molar-refractivity contribution is -0.125. The van der Waals surface area contributed by atoms with Gasteiger partial charge in [-0.1, -0.05) is 0 Å². The van der Waals surface area contributed by atoms with E-state index in [-0.39, 0.29) is 16.3 Å². The minimum Gasteiger partial charge on any atom is -0.329 e. The molecule has 1 saturated carbocycles. The van der Waals surface area contributed by atoms with Crippen molar-refractivity contribution in [3.05, 3.63) is 30.1 Å². The van der Waals surface area contributed by atoms with Gasteiger partial charge in [0.05, 0.1) is 0 Å². The molecule has 0 aromatic heterocycles. The molecule has 1 fully saturated rings. The van der Waals surface area contributed by atoms with E-state index in [4.69, 9.17) is 5.73 Å². The number of Topliss-reactive ketones (excluding diaryl/α,β-unsaturated/α-hetero) is 1. The Bertz CT molecular complexity index is 369. The van der Waals surface area contributed by atoms with Gasteiger partial charge in [0.25, 0.3) is 0 Å². The summed E-state index contributed by atoms with van der Waals surface area (Å²) in [6.07, 6.45) is 1.07. The Balaban J connectivity index is 2.07. The van der Waals surface area contributed by atoms with Crippen LogP contribution in [0.5, 0.6) is 0 Å². The molecule has 1 aromatic rings. The van der Waals surface area contributed by atoms with Gasteiger partial charge in [-0.3, -0.25) is 4.79 Å². The van der Waals surface area contributed by atoms with Crippen LogP contribution in [0.1, 0.15) is 12.8 Å². The lowest BCUT2D eigenvalue weighted by Gasteiger charge is -2.38. The zero-order valence-corrected chi connectivity index (χ0v) is 9.02. The molecule has 0 atom stereocenters. The molecule has 0 radical (unpaired) electrons. The van der Waals surface area contributed by atoms with Crippen molar-refractivity contribution in [1.82, 2.24) is 0 Å². The fraction of sp³-hybridized carbons (Fsp3) is 0.364. The fourth-order valence-corrected chi connectivity index (χ4v) is 3.00. The number of ketones is 1. The van der Waals surface area contributed by atoms with Gasteiger partial charge in [-0.25, -0.2) is 4.39 Å². The molecule has 1 aliphatic rings. The lowest BCUT2D eigenvalue weighted by Crippen LogP contribution is -2.47. The summed E-state index contributed by atoms with van der Waals surface area (Å²) in [4.78, 5) is 12.0. The number of benzene rings is 1. The van der Waals surface area contributed by atoms with Gasteiger partial charge < -0.3 is 5.73 Å². The van der Waals surface area contributed by atoms with E-state index in [1.165, 1.54) is 12.1 Å². The molecule has 0 aliphatic heterocycles. The van der Waals surface area contributed by atoms with Crippen molar-refractivity contribution < 1.29 is 9.18 Å². The van der Waals surface area contributed by atoms with Crippen molar-refractivity contribution in [1.29, 1.82) is 0 Å². The highest BCUT2D eigenvalue weighted by Crippen LogP contribution is 2.44. The molecular formula is C11H12FNOS. The molecule has 4 heteroatoms. The second-order valence-electron chi connectivity index (χ2n) is 3.84. The quantitative estimate of drug-likeness (QED) is 0.855. The maximum absolute atomic E-state index is 12.7. The minimum absolute atomic E-state index is 0.144. The van der Waals surface area contributed by atoms with Gasteiger partial charge in [0.2, 0.25) is 0 Å². The van der Waals surface area contributed by atoms with Crippen LogP contribution in [0.2, 0.25) is 0 Å². The Labute approximate surface area is 92.0 Å². The molecule has 2 N–H and O–H groups in total. The van der Waals surface area contributed by atoms with E-state index >= 15 is 0 Å². The molecule has 15 heavy (non-hydrogen) atoms. The average Bonchev–Trinajstić information content (AvgIpc) is 2.18. The smallest absolute Gasteiger partial charge is 0.135 e. The lowest BCUT2D eigenvalue weighted by atomic mass is 9.83. The van der Waals surface area contributed by atoms with Crippen molar-refractivity contribution in [3.63, 3.8) is 0 Å². The van der Waals surface area contributed by atoms with Gasteiger partial charge in [-0.2, -0.15) is 0 Å².